The van der Waals surface area contributed by atoms with Gasteiger partial charge in [-0.2, -0.15) is 0 Å². The standard InChI is InChI=1S/C24H25N/c1-4-9-19(5-2)23-16-22(20-10-7-6-8-11-20)17-24(25-23)21-14-12-18(3)13-15-21/h4-14,17,21-22H,1-2,15-16H2,3H3/b19-9+. The number of hydrogen-bond donors (Lipinski definition) is 0. The zero-order valence-corrected chi connectivity index (χ0v) is 14.9. The lowest BCUT2D eigenvalue weighted by Crippen LogP contribution is -2.16. The molecule has 0 saturated carbocycles. The first kappa shape index (κ1) is 17.2. The molecule has 2 aliphatic rings. The molecular weight excluding hydrogens is 302 g/mol. The van der Waals surface area contributed by atoms with E-state index >= 15 is 0 Å². The van der Waals surface area contributed by atoms with E-state index in [4.69, 9.17) is 4.99 Å². The van der Waals surface area contributed by atoms with E-state index in [9.17, 15) is 0 Å². The second-order valence-corrected chi connectivity index (χ2v) is 6.58. The Bertz CT molecular complexity index is 800. The van der Waals surface area contributed by atoms with E-state index in [1.54, 1.807) is 0 Å². The fourth-order valence-corrected chi connectivity index (χ4v) is 3.37. The average Bonchev–Trinajstić information content (AvgIpc) is 2.67. The molecule has 0 spiro atoms. The molecule has 3 rings (SSSR count). The lowest BCUT2D eigenvalue weighted by atomic mass is 9.84. The van der Waals surface area contributed by atoms with Crippen molar-refractivity contribution in [3.05, 3.63) is 108 Å². The van der Waals surface area contributed by atoms with Crippen LogP contribution in [0.3, 0.4) is 0 Å². The maximum absolute atomic E-state index is 5.01. The highest BCUT2D eigenvalue weighted by Gasteiger charge is 2.23. The SMILES string of the molecule is C=C/C=C(\C=C)C1=NC(C2C=CC(C)=CC2)=CC(c2ccccc2)C1. The third-order valence-corrected chi connectivity index (χ3v) is 4.79. The van der Waals surface area contributed by atoms with E-state index in [0.29, 0.717) is 11.8 Å². The van der Waals surface area contributed by atoms with Crippen LogP contribution >= 0.6 is 0 Å². The van der Waals surface area contributed by atoms with E-state index in [2.05, 4.69) is 74.7 Å². The molecule has 1 aromatic carbocycles. The van der Waals surface area contributed by atoms with Gasteiger partial charge in [0.1, 0.15) is 0 Å². The normalized spacial score (nSPS) is 23.4. The van der Waals surface area contributed by atoms with Gasteiger partial charge in [-0.15, -0.1) is 0 Å². The highest BCUT2D eigenvalue weighted by atomic mass is 14.8. The summed E-state index contributed by atoms with van der Waals surface area (Å²) in [6.07, 6.45) is 16.7. The zero-order valence-electron chi connectivity index (χ0n) is 14.9. The number of allylic oxidation sites excluding steroid dienone is 9. The molecule has 1 heteroatoms. The second-order valence-electron chi connectivity index (χ2n) is 6.58. The number of rotatable bonds is 5. The summed E-state index contributed by atoms with van der Waals surface area (Å²) in [6.45, 7) is 9.93. The molecule has 1 aliphatic heterocycles. The van der Waals surface area contributed by atoms with Crippen LogP contribution in [0.15, 0.2) is 108 Å². The van der Waals surface area contributed by atoms with Gasteiger partial charge in [-0.25, -0.2) is 0 Å². The highest BCUT2D eigenvalue weighted by Crippen LogP contribution is 2.35. The molecule has 0 bridgehead atoms. The third-order valence-electron chi connectivity index (χ3n) is 4.79. The Morgan fingerprint density at radius 3 is 2.60 bits per heavy atom. The van der Waals surface area contributed by atoms with Crippen LogP contribution in [0, 0.1) is 5.92 Å². The number of nitrogens with zero attached hydrogens (tertiary/aromatic N) is 1. The zero-order chi connectivity index (χ0) is 17.6. The molecule has 0 radical (unpaired) electrons. The van der Waals surface area contributed by atoms with Gasteiger partial charge in [-0.1, -0.05) is 91.6 Å². The molecule has 0 aromatic heterocycles. The highest BCUT2D eigenvalue weighted by molar-refractivity contribution is 6.04. The van der Waals surface area contributed by atoms with Crippen LogP contribution in [0.25, 0.3) is 0 Å². The minimum absolute atomic E-state index is 0.345. The summed E-state index contributed by atoms with van der Waals surface area (Å²) in [7, 11) is 0. The molecule has 126 valence electrons. The predicted octanol–water partition coefficient (Wildman–Crippen LogP) is 6.32. The molecule has 2 atom stereocenters. The van der Waals surface area contributed by atoms with E-state index in [1.165, 1.54) is 11.1 Å². The maximum atomic E-state index is 5.01. The van der Waals surface area contributed by atoms with Gasteiger partial charge in [-0.05, 0) is 24.5 Å². The van der Waals surface area contributed by atoms with E-state index in [0.717, 1.165) is 29.8 Å². The molecule has 0 amide bonds. The van der Waals surface area contributed by atoms with Crippen LogP contribution < -0.4 is 0 Å². The predicted molar refractivity (Wildman–Crippen MR) is 109 cm³/mol. The Balaban J connectivity index is 1.99. The van der Waals surface area contributed by atoms with Crippen molar-refractivity contribution in [1.82, 2.24) is 0 Å². The molecule has 0 N–H and O–H groups in total. The first-order chi connectivity index (χ1) is 12.2. The minimum atomic E-state index is 0.345. The monoisotopic (exact) mass is 327 g/mol. The minimum Gasteiger partial charge on any atom is -0.257 e. The summed E-state index contributed by atoms with van der Waals surface area (Å²) in [5, 5.41) is 0. The largest absolute Gasteiger partial charge is 0.257 e. The number of hydrogen-bond acceptors (Lipinski definition) is 1. The quantitative estimate of drug-likeness (QED) is 0.561. The van der Waals surface area contributed by atoms with Crippen molar-refractivity contribution in [2.45, 2.75) is 25.7 Å². The summed E-state index contributed by atoms with van der Waals surface area (Å²) in [4.78, 5) is 5.01. The van der Waals surface area contributed by atoms with Crippen LogP contribution in [0.1, 0.15) is 31.2 Å². The van der Waals surface area contributed by atoms with Crippen LogP contribution in [0.4, 0.5) is 0 Å². The Morgan fingerprint density at radius 2 is 1.96 bits per heavy atom. The number of benzene rings is 1. The van der Waals surface area contributed by atoms with Gasteiger partial charge in [-0.3, -0.25) is 4.99 Å². The lowest BCUT2D eigenvalue weighted by molar-refractivity contribution is 0.718. The first-order valence-electron chi connectivity index (χ1n) is 8.86. The van der Waals surface area contributed by atoms with E-state index in [-0.39, 0.29) is 0 Å². The van der Waals surface area contributed by atoms with Gasteiger partial charge in [0.2, 0.25) is 0 Å². The summed E-state index contributed by atoms with van der Waals surface area (Å²) in [5.41, 5.74) is 5.98. The van der Waals surface area contributed by atoms with Crippen LogP contribution in [0.2, 0.25) is 0 Å². The van der Waals surface area contributed by atoms with Crippen molar-refractivity contribution in [2.75, 3.05) is 0 Å². The molecular formula is C24H25N. The van der Waals surface area contributed by atoms with Gasteiger partial charge in [0, 0.05) is 29.7 Å². The summed E-state index contributed by atoms with van der Waals surface area (Å²) in [5.74, 6) is 0.692. The molecule has 2 unspecified atom stereocenters. The molecule has 25 heavy (non-hydrogen) atoms. The second kappa shape index (κ2) is 7.94. The van der Waals surface area contributed by atoms with Crippen molar-refractivity contribution < 1.29 is 0 Å². The van der Waals surface area contributed by atoms with Gasteiger partial charge in [0.05, 0.1) is 0 Å². The fourth-order valence-electron chi connectivity index (χ4n) is 3.37. The molecule has 0 saturated heterocycles. The Hall–Kier alpha value is -2.67. The molecule has 1 heterocycles. The van der Waals surface area contributed by atoms with Gasteiger partial charge < -0.3 is 0 Å². The summed E-state index contributed by atoms with van der Waals surface area (Å²) < 4.78 is 0. The van der Waals surface area contributed by atoms with Crippen molar-refractivity contribution in [3.8, 4) is 0 Å². The topological polar surface area (TPSA) is 12.4 Å². The van der Waals surface area contributed by atoms with Gasteiger partial charge in [0.15, 0.2) is 0 Å². The van der Waals surface area contributed by atoms with Crippen molar-refractivity contribution in [2.24, 2.45) is 10.9 Å². The average molecular weight is 327 g/mol. The Kier molecular flexibility index (Phi) is 5.45. The summed E-state index contributed by atoms with van der Waals surface area (Å²) in [6, 6.07) is 10.7. The summed E-state index contributed by atoms with van der Waals surface area (Å²) >= 11 is 0. The molecule has 0 fully saturated rings. The fraction of sp³-hybridized carbons (Fsp3) is 0.208. The number of aliphatic imine (C=N–C) groups is 1. The molecule has 1 aliphatic carbocycles. The van der Waals surface area contributed by atoms with Crippen LogP contribution in [-0.2, 0) is 0 Å². The van der Waals surface area contributed by atoms with Crippen molar-refractivity contribution in [1.29, 1.82) is 0 Å². The van der Waals surface area contributed by atoms with Crippen LogP contribution in [-0.4, -0.2) is 5.71 Å². The Morgan fingerprint density at radius 1 is 1.16 bits per heavy atom. The van der Waals surface area contributed by atoms with Crippen LogP contribution in [0.5, 0.6) is 0 Å². The van der Waals surface area contributed by atoms with Crippen molar-refractivity contribution in [3.63, 3.8) is 0 Å². The van der Waals surface area contributed by atoms with Gasteiger partial charge in [0.25, 0.3) is 0 Å². The molecule has 1 aromatic rings. The van der Waals surface area contributed by atoms with E-state index in [1.807, 2.05) is 18.2 Å². The maximum Gasteiger partial charge on any atom is 0.0488 e. The molecule has 1 nitrogen and oxygen atoms in total. The van der Waals surface area contributed by atoms with Crippen molar-refractivity contribution >= 4 is 5.71 Å². The van der Waals surface area contributed by atoms with Gasteiger partial charge >= 0.3 is 0 Å². The van der Waals surface area contributed by atoms with E-state index < -0.39 is 0 Å². The lowest BCUT2D eigenvalue weighted by Gasteiger charge is -2.26. The smallest absolute Gasteiger partial charge is 0.0488 e. The first-order valence-corrected chi connectivity index (χ1v) is 8.86. The Labute approximate surface area is 151 Å². The third kappa shape index (κ3) is 4.06.